The number of hydrogen-bond acceptors (Lipinski definition) is 2. The van der Waals surface area contributed by atoms with E-state index in [1.54, 1.807) is 0 Å². The third kappa shape index (κ3) is 4.77. The van der Waals surface area contributed by atoms with Gasteiger partial charge >= 0.3 is 0 Å². The van der Waals surface area contributed by atoms with Gasteiger partial charge in [0.2, 0.25) is 0 Å². The molecule has 0 N–H and O–H groups in total. The Morgan fingerprint density at radius 2 is 1.79 bits per heavy atom. The third-order valence-electron chi connectivity index (χ3n) is 9.07. The van der Waals surface area contributed by atoms with Crippen LogP contribution in [0.25, 0.3) is 0 Å². The summed E-state index contributed by atoms with van der Waals surface area (Å²) in [6.07, 6.45) is 8.07. The van der Waals surface area contributed by atoms with E-state index in [4.69, 9.17) is 4.43 Å². The van der Waals surface area contributed by atoms with Gasteiger partial charge in [-0.25, -0.2) is 0 Å². The van der Waals surface area contributed by atoms with Gasteiger partial charge in [0, 0.05) is 18.9 Å². The number of carbonyl (C=O) groups is 1. The molecular weight excluding hydrogens is 360 g/mol. The maximum absolute atomic E-state index is 11.7. The molecule has 0 spiro atoms. The molecule has 2 bridgehead atoms. The van der Waals surface area contributed by atoms with Crippen LogP contribution in [-0.4, -0.2) is 20.2 Å². The van der Waals surface area contributed by atoms with E-state index in [9.17, 15) is 4.79 Å². The maximum atomic E-state index is 11.7. The van der Waals surface area contributed by atoms with E-state index >= 15 is 0 Å². The molecule has 164 valence electrons. The fraction of sp³-hybridized carbons (Fsp3) is 0.960. The van der Waals surface area contributed by atoms with Crippen molar-refractivity contribution in [1.82, 2.24) is 0 Å². The second-order valence-corrected chi connectivity index (χ2v) is 17.3. The average molecular weight is 409 g/mol. The molecule has 3 rings (SSSR count). The lowest BCUT2D eigenvalue weighted by molar-refractivity contribution is -0.205. The van der Waals surface area contributed by atoms with Gasteiger partial charge in [-0.15, -0.1) is 0 Å². The van der Waals surface area contributed by atoms with Crippen LogP contribution in [0, 0.1) is 28.6 Å². The van der Waals surface area contributed by atoms with Crippen LogP contribution in [0.5, 0.6) is 0 Å². The molecule has 28 heavy (non-hydrogen) atoms. The van der Waals surface area contributed by atoms with E-state index in [0.717, 1.165) is 24.7 Å². The SMILES string of the molecule is CCC(=O)CC[C@@H](C)CC[C@@]1(C)C[C@H](O[Si](C)(C)C(C)(C)C)[C@@H]2C[C@H]1C2(C)C. The van der Waals surface area contributed by atoms with E-state index in [1.165, 1.54) is 25.7 Å². The van der Waals surface area contributed by atoms with Crippen molar-refractivity contribution < 1.29 is 9.22 Å². The van der Waals surface area contributed by atoms with Crippen LogP contribution in [0.4, 0.5) is 0 Å². The summed E-state index contributed by atoms with van der Waals surface area (Å²) in [7, 11) is -1.75. The summed E-state index contributed by atoms with van der Waals surface area (Å²) in [6.45, 7) is 23.7. The summed E-state index contributed by atoms with van der Waals surface area (Å²) in [4.78, 5) is 11.7. The molecular formula is C25H48O2Si. The molecule has 0 aliphatic heterocycles. The van der Waals surface area contributed by atoms with Gasteiger partial charge in [0.15, 0.2) is 8.32 Å². The number of Topliss-reactive ketones (excluding diaryl/α,β-unsaturated/α-hetero) is 1. The molecule has 3 aliphatic rings. The van der Waals surface area contributed by atoms with Crippen molar-refractivity contribution in [2.45, 2.75) is 125 Å². The highest BCUT2D eigenvalue weighted by atomic mass is 28.4. The van der Waals surface area contributed by atoms with E-state index in [2.05, 4.69) is 61.6 Å². The van der Waals surface area contributed by atoms with Gasteiger partial charge in [0.05, 0.1) is 0 Å². The van der Waals surface area contributed by atoms with Crippen molar-refractivity contribution in [2.75, 3.05) is 0 Å². The fourth-order valence-corrected chi connectivity index (χ4v) is 7.13. The highest BCUT2D eigenvalue weighted by molar-refractivity contribution is 6.74. The second-order valence-electron chi connectivity index (χ2n) is 12.6. The number of rotatable bonds is 9. The molecule has 3 aliphatic carbocycles. The number of carbonyl (C=O) groups excluding carboxylic acids is 1. The van der Waals surface area contributed by atoms with Gasteiger partial charge < -0.3 is 4.43 Å². The minimum Gasteiger partial charge on any atom is -0.414 e. The van der Waals surface area contributed by atoms with Crippen molar-refractivity contribution in [3.8, 4) is 0 Å². The molecule has 0 aromatic carbocycles. The first kappa shape index (κ1) is 24.1. The first-order chi connectivity index (χ1) is 12.6. The Morgan fingerprint density at radius 3 is 2.29 bits per heavy atom. The maximum Gasteiger partial charge on any atom is 0.192 e. The lowest BCUT2D eigenvalue weighted by Crippen LogP contribution is -2.64. The predicted octanol–water partition coefficient (Wildman–Crippen LogP) is 7.62. The Balaban J connectivity index is 2.05. The number of fused-ring (bicyclic) bond motifs is 2. The molecule has 5 atom stereocenters. The van der Waals surface area contributed by atoms with Crippen molar-refractivity contribution in [3.63, 3.8) is 0 Å². The van der Waals surface area contributed by atoms with Gasteiger partial charge in [-0.3, -0.25) is 4.79 Å². The van der Waals surface area contributed by atoms with Crippen molar-refractivity contribution in [2.24, 2.45) is 28.6 Å². The van der Waals surface area contributed by atoms with Gasteiger partial charge in [-0.1, -0.05) is 61.8 Å². The Bertz CT molecular complexity index is 559. The molecule has 2 nitrogen and oxygen atoms in total. The predicted molar refractivity (Wildman–Crippen MR) is 123 cm³/mol. The standard InChI is InChI=1S/C25H48O2Si/c1-11-19(26)13-12-18(2)14-15-25(8)17-21(20-16-22(25)24(20,6)7)27-28(9,10)23(3,4)5/h18,20-22H,11-17H2,1-10H3/t18-,20+,21+,22+,25+/m1/s1. The summed E-state index contributed by atoms with van der Waals surface area (Å²) < 4.78 is 7.02. The Morgan fingerprint density at radius 1 is 1.18 bits per heavy atom. The lowest BCUT2D eigenvalue weighted by atomic mass is 9.39. The molecule has 0 saturated heterocycles. The summed E-state index contributed by atoms with van der Waals surface area (Å²) in [5.41, 5.74) is 0.787. The first-order valence-electron chi connectivity index (χ1n) is 11.8. The quantitative estimate of drug-likeness (QED) is 0.367. The minimum absolute atomic E-state index is 0.272. The van der Waals surface area contributed by atoms with Crippen LogP contribution < -0.4 is 0 Å². The van der Waals surface area contributed by atoms with Crippen LogP contribution in [0.2, 0.25) is 18.1 Å². The van der Waals surface area contributed by atoms with Gasteiger partial charge in [0.1, 0.15) is 5.78 Å². The molecule has 0 radical (unpaired) electrons. The molecule has 0 aromatic rings. The second kappa shape index (κ2) is 8.17. The largest absolute Gasteiger partial charge is 0.414 e. The third-order valence-corrected chi connectivity index (χ3v) is 13.6. The van der Waals surface area contributed by atoms with Gasteiger partial charge in [-0.05, 0) is 72.4 Å². The number of ketones is 1. The topological polar surface area (TPSA) is 26.3 Å². The van der Waals surface area contributed by atoms with Crippen LogP contribution in [-0.2, 0) is 9.22 Å². The molecule has 3 saturated carbocycles. The van der Waals surface area contributed by atoms with Crippen LogP contribution >= 0.6 is 0 Å². The zero-order valence-corrected chi connectivity index (χ0v) is 21.6. The monoisotopic (exact) mass is 408 g/mol. The van der Waals surface area contributed by atoms with Gasteiger partial charge in [0.25, 0.3) is 0 Å². The van der Waals surface area contributed by atoms with Crippen molar-refractivity contribution >= 4 is 14.1 Å². The normalized spacial score (nSPS) is 33.3. The molecule has 3 fully saturated rings. The number of hydrogen-bond donors (Lipinski definition) is 0. The smallest absolute Gasteiger partial charge is 0.192 e. The van der Waals surface area contributed by atoms with Gasteiger partial charge in [-0.2, -0.15) is 0 Å². The van der Waals surface area contributed by atoms with Crippen molar-refractivity contribution in [3.05, 3.63) is 0 Å². The van der Waals surface area contributed by atoms with E-state index < -0.39 is 8.32 Å². The Kier molecular flexibility index (Phi) is 7.04. The summed E-state index contributed by atoms with van der Waals surface area (Å²) in [5.74, 6) is 2.63. The highest BCUT2D eigenvalue weighted by Crippen LogP contribution is 2.68. The molecule has 3 heteroatoms. The average Bonchev–Trinajstić information content (AvgIpc) is 2.55. The zero-order chi connectivity index (χ0) is 21.5. The van der Waals surface area contributed by atoms with Crippen LogP contribution in [0.1, 0.15) is 100 Å². The minimum atomic E-state index is -1.75. The first-order valence-corrected chi connectivity index (χ1v) is 14.7. The fourth-order valence-electron chi connectivity index (χ4n) is 5.78. The molecule has 0 aromatic heterocycles. The Labute approximate surface area is 176 Å². The molecule has 0 unspecified atom stereocenters. The molecule has 0 heterocycles. The summed E-state index contributed by atoms with van der Waals surface area (Å²) >= 11 is 0. The molecule has 0 amide bonds. The highest BCUT2D eigenvalue weighted by Gasteiger charge is 2.63. The summed E-state index contributed by atoms with van der Waals surface area (Å²) in [5, 5.41) is 0.272. The van der Waals surface area contributed by atoms with E-state index in [-0.39, 0.29) is 5.04 Å². The summed E-state index contributed by atoms with van der Waals surface area (Å²) in [6, 6.07) is 0. The van der Waals surface area contributed by atoms with Crippen LogP contribution in [0.3, 0.4) is 0 Å². The van der Waals surface area contributed by atoms with E-state index in [1.807, 2.05) is 6.92 Å². The Hall–Kier alpha value is -0.153. The van der Waals surface area contributed by atoms with Crippen molar-refractivity contribution in [1.29, 1.82) is 0 Å². The van der Waals surface area contributed by atoms with E-state index in [0.29, 0.717) is 35.1 Å². The zero-order valence-electron chi connectivity index (χ0n) is 20.6. The lowest BCUT2D eigenvalue weighted by Gasteiger charge is -2.68. The van der Waals surface area contributed by atoms with Crippen LogP contribution in [0.15, 0.2) is 0 Å².